The largest absolute Gasteiger partial charge is 0.300 e. The highest BCUT2D eigenvalue weighted by Gasteiger charge is 1.79. The van der Waals surface area contributed by atoms with E-state index < -0.39 is 9.84 Å². The van der Waals surface area contributed by atoms with Gasteiger partial charge in [-0.25, -0.2) is 8.42 Å². The molecule has 0 radical (unpaired) electrons. The molecule has 0 aromatic heterocycles. The molecule has 0 unspecified atom stereocenters. The number of carbonyl (C=O) groups excluding carboxylic acids is 1. The van der Waals surface area contributed by atoms with E-state index in [4.69, 9.17) is 0 Å². The smallest absolute Gasteiger partial charge is 0.144 e. The van der Waals surface area contributed by atoms with Gasteiger partial charge in [-0.1, -0.05) is 19.6 Å². The summed E-state index contributed by atoms with van der Waals surface area (Å²) in [6, 6.07) is 0. The highest BCUT2D eigenvalue weighted by atomic mass is 32.2. The number of Topliss-reactive ketones (excluding diaryl/α,β-unsaturated/α-hetero) is 1. The monoisotopic (exact) mass is 242 g/mol. The van der Waals surface area contributed by atoms with Crippen LogP contribution in [0, 0.1) is 0 Å². The fourth-order valence-corrected chi connectivity index (χ4v) is 0. The summed E-state index contributed by atoms with van der Waals surface area (Å²) in [5, 5.41) is 0. The SMILES string of the molecule is C.CC(C)=O.CC(C)=S.CS(C)(=O)=O. The highest BCUT2D eigenvalue weighted by Crippen LogP contribution is 1.62. The molecule has 0 aliphatic heterocycles. The van der Waals surface area contributed by atoms with Crippen LogP contribution in [-0.2, 0) is 14.6 Å². The number of ketones is 1. The molecule has 0 aromatic rings. The molecule has 88 valence electrons. The predicted molar refractivity (Wildman–Crippen MR) is 67.8 cm³/mol. The Labute approximate surface area is 93.8 Å². The molecule has 5 heteroatoms. The molecule has 3 nitrogen and oxygen atoms in total. The Morgan fingerprint density at radius 3 is 1.00 bits per heavy atom. The van der Waals surface area contributed by atoms with E-state index in [0.29, 0.717) is 0 Å². The van der Waals surface area contributed by atoms with Crippen molar-refractivity contribution in [1.29, 1.82) is 0 Å². The van der Waals surface area contributed by atoms with Crippen LogP contribution in [0.5, 0.6) is 0 Å². The Hall–Kier alpha value is -0.290. The fourth-order valence-electron chi connectivity index (χ4n) is 0. The van der Waals surface area contributed by atoms with Gasteiger partial charge in [-0.3, -0.25) is 0 Å². The number of sulfone groups is 1. The van der Waals surface area contributed by atoms with Gasteiger partial charge in [0.15, 0.2) is 0 Å². The maximum atomic E-state index is 9.63. The van der Waals surface area contributed by atoms with Gasteiger partial charge in [0.05, 0.1) is 0 Å². The lowest BCUT2D eigenvalue weighted by Gasteiger charge is -1.69. The zero-order valence-corrected chi connectivity index (χ0v) is 10.7. The molecular weight excluding hydrogens is 220 g/mol. The van der Waals surface area contributed by atoms with Crippen molar-refractivity contribution in [2.75, 3.05) is 12.5 Å². The summed E-state index contributed by atoms with van der Waals surface area (Å²) in [5.74, 6) is 0.167. The Kier molecular flexibility index (Phi) is 21.3. The lowest BCUT2D eigenvalue weighted by atomic mass is 10.6. The topological polar surface area (TPSA) is 51.2 Å². The minimum atomic E-state index is -2.67. The van der Waals surface area contributed by atoms with Crippen LogP contribution >= 0.6 is 12.2 Å². The summed E-state index contributed by atoms with van der Waals surface area (Å²) < 4.78 is 19.3. The molecule has 0 N–H and O–H groups in total. The van der Waals surface area contributed by atoms with Crippen molar-refractivity contribution in [3.8, 4) is 0 Å². The second-order valence-corrected chi connectivity index (χ2v) is 6.06. The van der Waals surface area contributed by atoms with E-state index in [-0.39, 0.29) is 13.2 Å². The molecule has 0 aliphatic carbocycles. The second kappa shape index (κ2) is 12.7. The molecule has 0 fully saturated rings. The average Bonchev–Trinajstić information content (AvgIpc) is 1.50. The normalized spacial score (nSPS) is 7.86. The summed E-state index contributed by atoms with van der Waals surface area (Å²) in [4.78, 5) is 10.4. The van der Waals surface area contributed by atoms with Gasteiger partial charge in [-0.2, -0.15) is 0 Å². The molecule has 0 aliphatic rings. The van der Waals surface area contributed by atoms with Gasteiger partial charge in [0, 0.05) is 12.5 Å². The molecule has 0 saturated heterocycles. The molecule has 0 spiro atoms. The highest BCUT2D eigenvalue weighted by molar-refractivity contribution is 7.89. The van der Waals surface area contributed by atoms with E-state index in [1.165, 1.54) is 13.8 Å². The van der Waals surface area contributed by atoms with E-state index in [1.54, 1.807) is 0 Å². The number of carbonyl (C=O) groups is 1. The van der Waals surface area contributed by atoms with E-state index >= 15 is 0 Å². The number of hydrogen-bond donors (Lipinski definition) is 0. The zero-order chi connectivity index (χ0) is 11.7. The fraction of sp³-hybridized carbons (Fsp3) is 0.778. The quantitative estimate of drug-likeness (QED) is 0.612. The summed E-state index contributed by atoms with van der Waals surface area (Å²) in [6.07, 6.45) is 2.32. The standard InChI is InChI=1S/C3H6O.C3H6S.C2H6O2S.CH4/c2*1-3(2)4;1-5(2,3)4;/h2*1-2H3;1-2H3;1H4. The van der Waals surface area contributed by atoms with Crippen molar-refractivity contribution in [1.82, 2.24) is 0 Å². The number of thiocarbonyl (C=S) groups is 1. The van der Waals surface area contributed by atoms with Crippen molar-refractivity contribution in [2.24, 2.45) is 0 Å². The Balaban J connectivity index is -0.0000000522. The lowest BCUT2D eigenvalue weighted by molar-refractivity contribution is -0.114. The Morgan fingerprint density at radius 2 is 1.00 bits per heavy atom. The molecule has 0 bridgehead atoms. The minimum absolute atomic E-state index is 0. The first-order chi connectivity index (χ1) is 5.46. The number of hydrogen-bond acceptors (Lipinski definition) is 4. The van der Waals surface area contributed by atoms with Crippen LogP contribution in [0.25, 0.3) is 0 Å². The molecule has 0 aromatic carbocycles. The van der Waals surface area contributed by atoms with Gasteiger partial charge in [0.1, 0.15) is 15.6 Å². The summed E-state index contributed by atoms with van der Waals surface area (Å²) in [7, 11) is -2.67. The van der Waals surface area contributed by atoms with E-state index in [9.17, 15) is 13.2 Å². The second-order valence-electron chi connectivity index (χ2n) is 2.96. The van der Waals surface area contributed by atoms with Crippen molar-refractivity contribution in [3.05, 3.63) is 0 Å². The van der Waals surface area contributed by atoms with Crippen LogP contribution in [0.2, 0.25) is 0 Å². The van der Waals surface area contributed by atoms with Crippen LogP contribution < -0.4 is 0 Å². The zero-order valence-electron chi connectivity index (χ0n) is 9.04. The first kappa shape index (κ1) is 23.5. The van der Waals surface area contributed by atoms with Crippen LogP contribution in [-0.4, -0.2) is 31.6 Å². The summed E-state index contributed by atoms with van der Waals surface area (Å²) in [6.45, 7) is 6.85. The third-order valence-corrected chi connectivity index (χ3v) is 0. The van der Waals surface area contributed by atoms with Crippen LogP contribution in [0.1, 0.15) is 35.1 Å². The molecule has 14 heavy (non-hydrogen) atoms. The maximum Gasteiger partial charge on any atom is 0.144 e. The van der Waals surface area contributed by atoms with Crippen molar-refractivity contribution < 1.29 is 13.2 Å². The summed E-state index contributed by atoms with van der Waals surface area (Å²) >= 11 is 4.54. The Bertz CT molecular complexity index is 213. The van der Waals surface area contributed by atoms with Crippen LogP contribution in [0.3, 0.4) is 0 Å². The molecule has 0 heterocycles. The molecule has 0 rings (SSSR count). The molecule has 0 saturated carbocycles. The van der Waals surface area contributed by atoms with Crippen molar-refractivity contribution >= 4 is 32.7 Å². The van der Waals surface area contributed by atoms with Gasteiger partial charge in [-0.05, 0) is 32.6 Å². The summed E-state index contributed by atoms with van der Waals surface area (Å²) in [5.41, 5.74) is 0. The van der Waals surface area contributed by atoms with Crippen molar-refractivity contribution in [3.63, 3.8) is 0 Å². The van der Waals surface area contributed by atoms with E-state index in [2.05, 4.69) is 12.2 Å². The number of rotatable bonds is 0. The molecular formula is C9H22O3S2. The van der Waals surface area contributed by atoms with Gasteiger partial charge < -0.3 is 4.79 Å². The van der Waals surface area contributed by atoms with Crippen LogP contribution in [0.15, 0.2) is 0 Å². The van der Waals surface area contributed by atoms with Crippen LogP contribution in [0.4, 0.5) is 0 Å². The third kappa shape index (κ3) is 16000. The van der Waals surface area contributed by atoms with Crippen molar-refractivity contribution in [2.45, 2.75) is 35.1 Å². The average molecular weight is 242 g/mol. The maximum absolute atomic E-state index is 9.63. The van der Waals surface area contributed by atoms with Gasteiger partial charge in [0.2, 0.25) is 0 Å². The first-order valence-corrected chi connectivity index (χ1v) is 6.27. The van der Waals surface area contributed by atoms with E-state index in [0.717, 1.165) is 17.4 Å². The predicted octanol–water partition coefficient (Wildman–Crippen LogP) is 2.29. The minimum Gasteiger partial charge on any atom is -0.300 e. The Morgan fingerprint density at radius 1 is 1.00 bits per heavy atom. The van der Waals surface area contributed by atoms with Gasteiger partial charge >= 0.3 is 0 Å². The first-order valence-electron chi connectivity index (χ1n) is 3.56. The molecule has 0 atom stereocenters. The lowest BCUT2D eigenvalue weighted by Crippen LogP contribution is -1.86. The van der Waals surface area contributed by atoms with Gasteiger partial charge in [0.25, 0.3) is 0 Å². The molecule has 0 amide bonds. The van der Waals surface area contributed by atoms with Gasteiger partial charge in [-0.15, -0.1) is 0 Å². The third-order valence-electron chi connectivity index (χ3n) is 0. The van der Waals surface area contributed by atoms with E-state index in [1.807, 2.05) is 13.8 Å².